The van der Waals surface area contributed by atoms with E-state index >= 15 is 0 Å². The summed E-state index contributed by atoms with van der Waals surface area (Å²) in [6, 6.07) is 4.10. The van der Waals surface area contributed by atoms with Crippen molar-refractivity contribution in [1.82, 2.24) is 0 Å². The fraction of sp³-hybridized carbons (Fsp3) is 0.571. The second kappa shape index (κ2) is 7.22. The molecule has 20 heavy (non-hydrogen) atoms. The molecule has 112 valence electrons. The summed E-state index contributed by atoms with van der Waals surface area (Å²) in [5.74, 6) is 0.291. The quantitative estimate of drug-likeness (QED) is 0.668. The minimum Gasteiger partial charge on any atom is -0.465 e. The normalized spacial score (nSPS) is 17.4. The van der Waals surface area contributed by atoms with Gasteiger partial charge in [0.2, 0.25) is 0 Å². The van der Waals surface area contributed by atoms with Gasteiger partial charge >= 0.3 is 0 Å². The highest BCUT2D eigenvalue weighted by Gasteiger charge is 2.30. The molecule has 0 unspecified atom stereocenters. The maximum absolute atomic E-state index is 5.61. The zero-order valence-electron chi connectivity index (χ0n) is 11.6. The van der Waals surface area contributed by atoms with Gasteiger partial charge in [0.25, 0.3) is 0 Å². The fourth-order valence-corrected chi connectivity index (χ4v) is 3.60. The van der Waals surface area contributed by atoms with E-state index in [1.165, 1.54) is 5.56 Å². The summed E-state index contributed by atoms with van der Waals surface area (Å²) in [5, 5.41) is 0. The number of hydrogen-bond donors (Lipinski definition) is 0. The lowest BCUT2D eigenvalue weighted by Crippen LogP contribution is -2.26. The van der Waals surface area contributed by atoms with Gasteiger partial charge in [-0.25, -0.2) is 0 Å². The molecule has 1 aliphatic rings. The summed E-state index contributed by atoms with van der Waals surface area (Å²) in [6.45, 7) is 3.55. The molecule has 1 aliphatic heterocycles. The third-order valence-electron chi connectivity index (χ3n) is 3.15. The first-order chi connectivity index (χ1) is 9.54. The zero-order chi connectivity index (χ0) is 14.6. The number of halogens is 2. The second-order valence-corrected chi connectivity index (χ2v) is 6.48. The van der Waals surface area contributed by atoms with E-state index in [2.05, 4.69) is 31.9 Å². The molecule has 1 heterocycles. The molecule has 2 rings (SSSR count). The Bertz CT molecular complexity index is 435. The predicted molar refractivity (Wildman–Crippen MR) is 83.0 cm³/mol. The summed E-state index contributed by atoms with van der Waals surface area (Å²) in [5.41, 5.74) is 1.19. The zero-order valence-corrected chi connectivity index (χ0v) is 14.8. The Hall–Kier alpha value is -0.140. The molecule has 0 N–H and O–H groups in total. The van der Waals surface area contributed by atoms with Gasteiger partial charge in [0.1, 0.15) is 0 Å². The van der Waals surface area contributed by atoms with Gasteiger partial charge in [-0.15, -0.1) is 0 Å². The molecule has 0 aromatic heterocycles. The third kappa shape index (κ3) is 4.18. The molecule has 4 nitrogen and oxygen atoms in total. The van der Waals surface area contributed by atoms with E-state index in [4.69, 9.17) is 18.9 Å². The van der Waals surface area contributed by atoms with Crippen LogP contribution in [0.1, 0.15) is 18.9 Å². The molecule has 0 radical (unpaired) electrons. The smallest absolute Gasteiger partial charge is 0.188 e. The van der Waals surface area contributed by atoms with Crippen LogP contribution in [-0.4, -0.2) is 32.9 Å². The van der Waals surface area contributed by atoms with Crippen LogP contribution >= 0.6 is 31.9 Å². The van der Waals surface area contributed by atoms with Crippen LogP contribution in [0.15, 0.2) is 21.1 Å². The highest BCUT2D eigenvalue weighted by atomic mass is 79.9. The Labute approximate surface area is 136 Å². The molecule has 1 fully saturated rings. The lowest BCUT2D eigenvalue weighted by molar-refractivity contribution is -0.146. The number of benzene rings is 1. The minimum atomic E-state index is -0.454. The highest BCUT2D eigenvalue weighted by molar-refractivity contribution is 9.11. The van der Waals surface area contributed by atoms with Crippen LogP contribution in [0.2, 0.25) is 0 Å². The van der Waals surface area contributed by atoms with Crippen molar-refractivity contribution in [3.8, 4) is 5.75 Å². The van der Waals surface area contributed by atoms with Crippen molar-refractivity contribution in [2.24, 2.45) is 0 Å². The Balaban J connectivity index is 2.02. The van der Waals surface area contributed by atoms with Crippen LogP contribution in [-0.2, 0) is 20.6 Å². The summed E-state index contributed by atoms with van der Waals surface area (Å²) in [6.07, 6.45) is 1.70. The van der Waals surface area contributed by atoms with Crippen molar-refractivity contribution in [2.45, 2.75) is 25.6 Å². The highest BCUT2D eigenvalue weighted by Crippen LogP contribution is 2.36. The number of rotatable bonds is 6. The Morgan fingerprint density at radius 2 is 1.80 bits per heavy atom. The van der Waals surface area contributed by atoms with E-state index in [0.29, 0.717) is 13.2 Å². The Morgan fingerprint density at radius 1 is 1.20 bits per heavy atom. The SMILES string of the molecule is COCOc1c(Br)cc(CCC2(C)OCCO2)cc1Br. The van der Waals surface area contributed by atoms with Crippen LogP contribution < -0.4 is 4.74 Å². The molecule has 0 amide bonds. The molecule has 0 atom stereocenters. The second-order valence-electron chi connectivity index (χ2n) is 4.77. The topological polar surface area (TPSA) is 36.9 Å². The van der Waals surface area contributed by atoms with E-state index in [9.17, 15) is 0 Å². The van der Waals surface area contributed by atoms with E-state index in [1.807, 2.05) is 19.1 Å². The standard InChI is InChI=1S/C14H18Br2O4/c1-14(19-5-6-20-14)4-3-10-7-11(15)13(12(16)8-10)18-9-17-2/h7-8H,3-6,9H2,1-2H3. The van der Waals surface area contributed by atoms with Crippen LogP contribution in [0.3, 0.4) is 0 Å². The monoisotopic (exact) mass is 408 g/mol. The molecule has 1 aromatic carbocycles. The van der Waals surface area contributed by atoms with Crippen LogP contribution in [0.5, 0.6) is 5.75 Å². The maximum Gasteiger partial charge on any atom is 0.188 e. The van der Waals surface area contributed by atoms with Gasteiger partial charge in [-0.3, -0.25) is 0 Å². The number of ether oxygens (including phenoxy) is 4. The van der Waals surface area contributed by atoms with Crippen molar-refractivity contribution in [3.63, 3.8) is 0 Å². The van der Waals surface area contributed by atoms with Crippen LogP contribution in [0, 0.1) is 0 Å². The minimum absolute atomic E-state index is 0.219. The molecule has 1 aromatic rings. The predicted octanol–water partition coefficient (Wildman–Crippen LogP) is 3.89. The first kappa shape index (κ1) is 16.2. The molecule has 0 bridgehead atoms. The molecular weight excluding hydrogens is 392 g/mol. The van der Waals surface area contributed by atoms with Gasteiger partial charge in [-0.05, 0) is 62.9 Å². The van der Waals surface area contributed by atoms with Gasteiger partial charge in [0, 0.05) is 13.5 Å². The summed E-state index contributed by atoms with van der Waals surface area (Å²) < 4.78 is 23.4. The molecule has 0 aliphatic carbocycles. The van der Waals surface area contributed by atoms with Crippen molar-refractivity contribution in [3.05, 3.63) is 26.6 Å². The lowest BCUT2D eigenvalue weighted by atomic mass is 10.1. The summed E-state index contributed by atoms with van der Waals surface area (Å²) in [7, 11) is 1.60. The van der Waals surface area contributed by atoms with E-state index in [0.717, 1.165) is 27.5 Å². The fourth-order valence-electron chi connectivity index (χ4n) is 2.08. The Morgan fingerprint density at radius 3 is 2.35 bits per heavy atom. The van der Waals surface area contributed by atoms with Gasteiger partial charge in [0.05, 0.1) is 22.2 Å². The number of aryl methyl sites for hydroxylation is 1. The summed E-state index contributed by atoms with van der Waals surface area (Å²) >= 11 is 7.04. The van der Waals surface area contributed by atoms with Gasteiger partial charge < -0.3 is 18.9 Å². The number of hydrogen-bond acceptors (Lipinski definition) is 4. The van der Waals surface area contributed by atoms with Gasteiger partial charge in [0.15, 0.2) is 18.3 Å². The maximum atomic E-state index is 5.61. The average Bonchev–Trinajstić information content (AvgIpc) is 2.83. The molecule has 0 spiro atoms. The van der Waals surface area contributed by atoms with Gasteiger partial charge in [-0.1, -0.05) is 0 Å². The first-order valence-corrected chi connectivity index (χ1v) is 8.00. The molecule has 6 heteroatoms. The molecular formula is C14H18Br2O4. The van der Waals surface area contributed by atoms with Crippen molar-refractivity contribution in [1.29, 1.82) is 0 Å². The average molecular weight is 410 g/mol. The van der Waals surface area contributed by atoms with Crippen molar-refractivity contribution in [2.75, 3.05) is 27.1 Å². The lowest BCUT2D eigenvalue weighted by Gasteiger charge is -2.22. The van der Waals surface area contributed by atoms with Crippen molar-refractivity contribution < 1.29 is 18.9 Å². The van der Waals surface area contributed by atoms with Crippen molar-refractivity contribution >= 4 is 31.9 Å². The van der Waals surface area contributed by atoms with E-state index < -0.39 is 5.79 Å². The Kier molecular flexibility index (Phi) is 5.86. The molecule has 1 saturated heterocycles. The van der Waals surface area contributed by atoms with E-state index in [-0.39, 0.29) is 6.79 Å². The molecule has 0 saturated carbocycles. The first-order valence-electron chi connectivity index (χ1n) is 6.42. The van der Waals surface area contributed by atoms with Crippen LogP contribution in [0.25, 0.3) is 0 Å². The van der Waals surface area contributed by atoms with Crippen LogP contribution in [0.4, 0.5) is 0 Å². The largest absolute Gasteiger partial charge is 0.465 e. The van der Waals surface area contributed by atoms with Gasteiger partial charge in [-0.2, -0.15) is 0 Å². The third-order valence-corrected chi connectivity index (χ3v) is 4.32. The summed E-state index contributed by atoms with van der Waals surface area (Å²) in [4.78, 5) is 0. The van der Waals surface area contributed by atoms with E-state index in [1.54, 1.807) is 7.11 Å². The number of methoxy groups -OCH3 is 1.